The topological polar surface area (TPSA) is 61.7 Å². The van der Waals surface area contributed by atoms with Gasteiger partial charge in [0.1, 0.15) is 0 Å². The van der Waals surface area contributed by atoms with Crippen LogP contribution in [0.1, 0.15) is 36.8 Å². The zero-order valence-corrected chi connectivity index (χ0v) is 18.2. The number of carbonyl (C=O) groups excluding carboxylic acids is 1. The van der Waals surface area contributed by atoms with E-state index in [1.54, 1.807) is 12.1 Å². The molecule has 0 saturated carbocycles. The van der Waals surface area contributed by atoms with Gasteiger partial charge in [-0.2, -0.15) is 0 Å². The molecule has 6 nitrogen and oxygen atoms in total. The molecule has 3 aromatic rings. The number of aromatic nitrogens is 1. The van der Waals surface area contributed by atoms with Crippen LogP contribution in [0, 0.1) is 6.92 Å². The van der Waals surface area contributed by atoms with Crippen molar-refractivity contribution in [2.75, 3.05) is 26.4 Å². The van der Waals surface area contributed by atoms with Crippen LogP contribution in [0.3, 0.4) is 0 Å². The van der Waals surface area contributed by atoms with Gasteiger partial charge in [-0.1, -0.05) is 18.2 Å². The zero-order chi connectivity index (χ0) is 21.5. The Hall–Kier alpha value is -3.15. The first-order chi connectivity index (χ1) is 14.6. The Kier molecular flexibility index (Phi) is 7.22. The highest BCUT2D eigenvalue weighted by molar-refractivity contribution is 5.95. The summed E-state index contributed by atoms with van der Waals surface area (Å²) in [4.78, 5) is 12.8. The van der Waals surface area contributed by atoms with Gasteiger partial charge in [0.15, 0.2) is 11.5 Å². The van der Waals surface area contributed by atoms with Crippen LogP contribution < -0.4 is 19.5 Å². The van der Waals surface area contributed by atoms with E-state index in [1.807, 2.05) is 32.9 Å². The van der Waals surface area contributed by atoms with E-state index in [-0.39, 0.29) is 5.91 Å². The minimum Gasteiger partial charge on any atom is -0.490 e. The van der Waals surface area contributed by atoms with Gasteiger partial charge in [-0.15, -0.1) is 0 Å². The lowest BCUT2D eigenvalue weighted by atomic mass is 10.1. The van der Waals surface area contributed by atoms with Gasteiger partial charge in [-0.25, -0.2) is 0 Å². The molecule has 30 heavy (non-hydrogen) atoms. The Morgan fingerprint density at radius 1 is 0.933 bits per heavy atom. The first-order valence-corrected chi connectivity index (χ1v) is 10.5. The van der Waals surface area contributed by atoms with Crippen molar-refractivity contribution in [3.63, 3.8) is 0 Å². The van der Waals surface area contributed by atoms with E-state index in [2.05, 4.69) is 35.0 Å². The van der Waals surface area contributed by atoms with Gasteiger partial charge in [0.05, 0.1) is 19.8 Å². The number of aryl methyl sites for hydroxylation is 1. The van der Waals surface area contributed by atoms with E-state index in [0.717, 1.165) is 0 Å². The Balaban J connectivity index is 1.76. The van der Waals surface area contributed by atoms with Crippen LogP contribution in [0.2, 0.25) is 0 Å². The summed E-state index contributed by atoms with van der Waals surface area (Å²) < 4.78 is 19.3. The van der Waals surface area contributed by atoms with Crippen LogP contribution in [-0.2, 0) is 6.54 Å². The van der Waals surface area contributed by atoms with E-state index >= 15 is 0 Å². The third kappa shape index (κ3) is 4.70. The Labute approximate surface area is 177 Å². The molecule has 1 N–H and O–H groups in total. The maximum Gasteiger partial charge on any atom is 0.251 e. The summed E-state index contributed by atoms with van der Waals surface area (Å²) in [5, 5.41) is 4.21. The molecule has 160 valence electrons. The number of benzene rings is 2. The molecular formula is C24H30N2O4. The second kappa shape index (κ2) is 10.1. The number of para-hydroxylation sites is 1. The standard InChI is InChI=1S/C24H30N2O4/c1-5-28-21-15-19(16-22(29-6-2)23(21)30-7-3)24(27)25-12-13-26-17(4)14-18-10-8-9-11-20(18)26/h8-11,14-16H,5-7,12-13H2,1-4H3,(H,25,27). The van der Waals surface area contributed by atoms with Gasteiger partial charge >= 0.3 is 0 Å². The van der Waals surface area contributed by atoms with Crippen LogP contribution in [0.25, 0.3) is 10.9 Å². The predicted molar refractivity (Wildman–Crippen MR) is 119 cm³/mol. The average Bonchev–Trinajstić information content (AvgIpc) is 3.05. The van der Waals surface area contributed by atoms with Crippen LogP contribution in [0.4, 0.5) is 0 Å². The molecule has 1 amide bonds. The quantitative estimate of drug-likeness (QED) is 0.532. The van der Waals surface area contributed by atoms with Crippen LogP contribution in [-0.4, -0.2) is 36.8 Å². The van der Waals surface area contributed by atoms with Crippen LogP contribution >= 0.6 is 0 Å². The third-order valence-corrected chi connectivity index (χ3v) is 4.81. The number of fused-ring (bicyclic) bond motifs is 1. The molecular weight excluding hydrogens is 380 g/mol. The average molecular weight is 411 g/mol. The maximum absolute atomic E-state index is 12.8. The van der Waals surface area contributed by atoms with Crippen molar-refractivity contribution < 1.29 is 19.0 Å². The second-order valence-electron chi connectivity index (χ2n) is 6.85. The summed E-state index contributed by atoms with van der Waals surface area (Å²) in [5.74, 6) is 1.40. The summed E-state index contributed by atoms with van der Waals surface area (Å²) in [6, 6.07) is 13.8. The Bertz CT molecular complexity index is 983. The lowest BCUT2D eigenvalue weighted by Crippen LogP contribution is -2.27. The highest BCUT2D eigenvalue weighted by Crippen LogP contribution is 2.39. The van der Waals surface area contributed by atoms with Crippen molar-refractivity contribution in [2.24, 2.45) is 0 Å². The van der Waals surface area contributed by atoms with Gasteiger partial charge in [-0.3, -0.25) is 4.79 Å². The molecule has 0 atom stereocenters. The predicted octanol–water partition coefficient (Wildman–Crippen LogP) is 4.58. The molecule has 2 aromatic carbocycles. The molecule has 0 fully saturated rings. The first kappa shape index (κ1) is 21.6. The third-order valence-electron chi connectivity index (χ3n) is 4.81. The van der Waals surface area contributed by atoms with Crippen molar-refractivity contribution in [1.82, 2.24) is 9.88 Å². The first-order valence-electron chi connectivity index (χ1n) is 10.5. The summed E-state index contributed by atoms with van der Waals surface area (Å²) in [6.45, 7) is 10.4. The number of amides is 1. The number of nitrogens with one attached hydrogen (secondary N) is 1. The van der Waals surface area contributed by atoms with Crippen LogP contribution in [0.5, 0.6) is 17.2 Å². The lowest BCUT2D eigenvalue weighted by Gasteiger charge is -2.17. The molecule has 0 radical (unpaired) electrons. The Morgan fingerprint density at radius 3 is 2.20 bits per heavy atom. The van der Waals surface area contributed by atoms with E-state index < -0.39 is 0 Å². The van der Waals surface area contributed by atoms with E-state index in [9.17, 15) is 4.79 Å². The van der Waals surface area contributed by atoms with Gasteiger partial charge in [-0.05, 0) is 57.3 Å². The number of hydrogen-bond acceptors (Lipinski definition) is 4. The van der Waals surface area contributed by atoms with E-state index in [0.29, 0.717) is 55.7 Å². The highest BCUT2D eigenvalue weighted by atomic mass is 16.5. The van der Waals surface area contributed by atoms with Gasteiger partial charge in [0.25, 0.3) is 5.91 Å². The number of nitrogens with zero attached hydrogens (tertiary/aromatic N) is 1. The molecule has 1 heterocycles. The molecule has 0 aliphatic rings. The molecule has 0 saturated heterocycles. The summed E-state index contributed by atoms with van der Waals surface area (Å²) >= 11 is 0. The largest absolute Gasteiger partial charge is 0.490 e. The molecule has 3 rings (SSSR count). The Morgan fingerprint density at radius 2 is 1.57 bits per heavy atom. The van der Waals surface area contributed by atoms with Gasteiger partial charge in [0.2, 0.25) is 5.75 Å². The van der Waals surface area contributed by atoms with Gasteiger partial charge in [0, 0.05) is 29.9 Å². The number of hydrogen-bond donors (Lipinski definition) is 1. The SMILES string of the molecule is CCOc1cc(C(=O)NCCn2c(C)cc3ccccc32)cc(OCC)c1OCC. The lowest BCUT2D eigenvalue weighted by molar-refractivity contribution is 0.0951. The van der Waals surface area contributed by atoms with E-state index in [1.165, 1.54) is 16.6 Å². The number of carbonyl (C=O) groups is 1. The monoisotopic (exact) mass is 410 g/mol. The number of ether oxygens (including phenoxy) is 3. The summed E-state index contributed by atoms with van der Waals surface area (Å²) in [5.41, 5.74) is 2.82. The fraction of sp³-hybridized carbons (Fsp3) is 0.375. The van der Waals surface area contributed by atoms with Gasteiger partial charge < -0.3 is 24.1 Å². The molecule has 0 aliphatic carbocycles. The highest BCUT2D eigenvalue weighted by Gasteiger charge is 2.18. The molecule has 1 aromatic heterocycles. The smallest absolute Gasteiger partial charge is 0.251 e. The van der Waals surface area contributed by atoms with Crippen molar-refractivity contribution in [3.8, 4) is 17.2 Å². The molecule has 0 unspecified atom stereocenters. The van der Waals surface area contributed by atoms with Crippen molar-refractivity contribution in [3.05, 3.63) is 53.7 Å². The van der Waals surface area contributed by atoms with Crippen molar-refractivity contribution in [2.45, 2.75) is 34.2 Å². The molecule has 6 heteroatoms. The molecule has 0 aliphatic heterocycles. The second-order valence-corrected chi connectivity index (χ2v) is 6.85. The van der Waals surface area contributed by atoms with E-state index in [4.69, 9.17) is 14.2 Å². The van der Waals surface area contributed by atoms with Crippen molar-refractivity contribution >= 4 is 16.8 Å². The van der Waals surface area contributed by atoms with Crippen molar-refractivity contribution in [1.29, 1.82) is 0 Å². The normalized spacial score (nSPS) is 10.8. The van der Waals surface area contributed by atoms with Crippen LogP contribution in [0.15, 0.2) is 42.5 Å². The zero-order valence-electron chi connectivity index (χ0n) is 18.2. The fourth-order valence-electron chi connectivity index (χ4n) is 3.55. The minimum absolute atomic E-state index is 0.172. The minimum atomic E-state index is -0.172. The fourth-order valence-corrected chi connectivity index (χ4v) is 3.55. The summed E-state index contributed by atoms with van der Waals surface area (Å²) in [6.07, 6.45) is 0. The molecule has 0 bridgehead atoms. The molecule has 0 spiro atoms. The summed E-state index contributed by atoms with van der Waals surface area (Å²) in [7, 11) is 0. The number of rotatable bonds is 10. The maximum atomic E-state index is 12.8.